The number of phenols is 1. The molecule has 4 heterocycles. The highest BCUT2D eigenvalue weighted by Crippen LogP contribution is 2.40. The molecule has 0 amide bonds. The first kappa shape index (κ1) is 14.6. The molecule has 124 valence electrons. The molecule has 1 N–H and O–H groups in total. The van der Waals surface area contributed by atoms with Gasteiger partial charge in [-0.15, -0.1) is 21.5 Å². The fraction of sp³-hybridized carbons (Fsp3) is 0.158. The van der Waals surface area contributed by atoms with E-state index in [9.17, 15) is 5.11 Å². The van der Waals surface area contributed by atoms with Crippen molar-refractivity contribution >= 4 is 38.1 Å². The van der Waals surface area contributed by atoms with Crippen LogP contribution in [-0.2, 0) is 4.74 Å². The van der Waals surface area contributed by atoms with E-state index in [0.29, 0.717) is 35.4 Å². The van der Waals surface area contributed by atoms with Crippen LogP contribution >= 0.6 is 11.3 Å². The molecule has 1 aliphatic rings. The maximum atomic E-state index is 10.7. The Bertz CT molecular complexity index is 1160. The Kier molecular flexibility index (Phi) is 3.16. The number of aromatic nitrogens is 2. The van der Waals surface area contributed by atoms with Gasteiger partial charge in [0.05, 0.1) is 35.3 Å². The van der Waals surface area contributed by atoms with Crippen molar-refractivity contribution in [2.45, 2.75) is 6.92 Å². The van der Waals surface area contributed by atoms with Crippen molar-refractivity contribution in [1.82, 2.24) is 10.2 Å². The minimum absolute atomic E-state index is 0.182. The number of thiophene rings is 1. The number of aryl methyl sites for hydroxylation is 1. The number of hydrogen-bond acceptors (Lipinski definition) is 6. The molecule has 0 fully saturated rings. The number of rotatable bonds is 2. The summed E-state index contributed by atoms with van der Waals surface area (Å²) in [5.74, 6) is 0.182. The highest BCUT2D eigenvalue weighted by molar-refractivity contribution is 7.17. The molecule has 25 heavy (non-hydrogen) atoms. The van der Waals surface area contributed by atoms with Crippen LogP contribution < -0.4 is 0 Å². The average molecular weight is 350 g/mol. The number of phenolic OH excluding ortho intramolecular Hbond substituents is 1. The van der Waals surface area contributed by atoms with Crippen LogP contribution in [0, 0.1) is 6.92 Å². The number of nitrogens with zero attached hydrogens (tertiary/aromatic N) is 2. The quantitative estimate of drug-likeness (QED) is 0.575. The number of fused-ring (bicyclic) bond motifs is 2. The maximum absolute atomic E-state index is 10.7. The Morgan fingerprint density at radius 1 is 1.24 bits per heavy atom. The predicted molar refractivity (Wildman–Crippen MR) is 97.8 cm³/mol. The minimum atomic E-state index is 0.182. The van der Waals surface area contributed by atoms with Crippen LogP contribution in [0.3, 0.4) is 0 Å². The molecule has 5 rings (SSSR count). The lowest BCUT2D eigenvalue weighted by molar-refractivity contribution is 0.216. The average Bonchev–Trinajstić information content (AvgIpc) is 3.34. The van der Waals surface area contributed by atoms with Crippen molar-refractivity contribution in [2.24, 2.45) is 0 Å². The van der Waals surface area contributed by atoms with Crippen LogP contribution in [0.2, 0.25) is 0 Å². The number of benzene rings is 1. The zero-order valence-corrected chi connectivity index (χ0v) is 14.3. The van der Waals surface area contributed by atoms with Crippen molar-refractivity contribution in [3.8, 4) is 17.0 Å². The standard InChI is InChI=1S/C19H14N2O3S/c1-10-6-15-12(3-5-24-15)19(22)17(10)14-7-16-18(21-20-14)13(9-25-16)11-2-4-23-8-11/h2-3,5-7,9,22H,4,8H2,1H3. The van der Waals surface area contributed by atoms with Gasteiger partial charge in [0.15, 0.2) is 0 Å². The number of hydrogen-bond donors (Lipinski definition) is 1. The molecule has 6 heteroatoms. The van der Waals surface area contributed by atoms with Crippen LogP contribution in [0.15, 0.2) is 40.3 Å². The fourth-order valence-electron chi connectivity index (χ4n) is 3.30. The monoisotopic (exact) mass is 350 g/mol. The molecular weight excluding hydrogens is 336 g/mol. The second-order valence-electron chi connectivity index (χ2n) is 6.09. The van der Waals surface area contributed by atoms with Gasteiger partial charge in [0.1, 0.15) is 16.8 Å². The number of ether oxygens (including phenoxy) is 1. The molecule has 0 bridgehead atoms. The zero-order valence-electron chi connectivity index (χ0n) is 13.4. The fourth-order valence-corrected chi connectivity index (χ4v) is 4.25. The van der Waals surface area contributed by atoms with E-state index in [0.717, 1.165) is 26.9 Å². The molecular formula is C19H14N2O3S. The first-order chi connectivity index (χ1) is 12.2. The number of aromatic hydroxyl groups is 1. The van der Waals surface area contributed by atoms with Crippen molar-refractivity contribution in [1.29, 1.82) is 0 Å². The maximum Gasteiger partial charge on any atom is 0.137 e. The van der Waals surface area contributed by atoms with Gasteiger partial charge in [-0.2, -0.15) is 0 Å². The molecule has 5 nitrogen and oxygen atoms in total. The summed E-state index contributed by atoms with van der Waals surface area (Å²) in [7, 11) is 0. The molecule has 4 aromatic rings. The summed E-state index contributed by atoms with van der Waals surface area (Å²) in [5, 5.41) is 22.3. The Hall–Kier alpha value is -2.70. The third kappa shape index (κ3) is 2.18. The normalized spacial score (nSPS) is 14.5. The summed E-state index contributed by atoms with van der Waals surface area (Å²) in [6.45, 7) is 3.20. The van der Waals surface area contributed by atoms with E-state index in [1.54, 1.807) is 23.7 Å². The van der Waals surface area contributed by atoms with E-state index < -0.39 is 0 Å². The van der Waals surface area contributed by atoms with Crippen molar-refractivity contribution in [3.63, 3.8) is 0 Å². The minimum Gasteiger partial charge on any atom is -0.506 e. The molecule has 0 radical (unpaired) electrons. The summed E-state index contributed by atoms with van der Waals surface area (Å²) in [6, 6.07) is 5.66. The molecule has 0 unspecified atom stereocenters. The van der Waals surface area contributed by atoms with E-state index in [1.165, 1.54) is 0 Å². The first-order valence-electron chi connectivity index (χ1n) is 7.94. The van der Waals surface area contributed by atoms with Gasteiger partial charge >= 0.3 is 0 Å². The van der Waals surface area contributed by atoms with Gasteiger partial charge in [-0.05, 0) is 36.3 Å². The topological polar surface area (TPSA) is 68.4 Å². The summed E-state index contributed by atoms with van der Waals surface area (Å²) >= 11 is 1.63. The van der Waals surface area contributed by atoms with Crippen LogP contribution in [-0.4, -0.2) is 28.5 Å². The van der Waals surface area contributed by atoms with Crippen molar-refractivity contribution < 1.29 is 14.3 Å². The van der Waals surface area contributed by atoms with Gasteiger partial charge in [0.25, 0.3) is 0 Å². The summed E-state index contributed by atoms with van der Waals surface area (Å²) in [5.41, 5.74) is 6.05. The summed E-state index contributed by atoms with van der Waals surface area (Å²) in [6.07, 6.45) is 3.66. The molecule has 0 spiro atoms. The highest BCUT2D eigenvalue weighted by atomic mass is 32.1. The lowest BCUT2D eigenvalue weighted by atomic mass is 10.0. The molecule has 3 aromatic heterocycles. The van der Waals surface area contributed by atoms with Gasteiger partial charge in [0.2, 0.25) is 0 Å². The van der Waals surface area contributed by atoms with Crippen LogP contribution in [0.25, 0.3) is 38.0 Å². The lowest BCUT2D eigenvalue weighted by Crippen LogP contribution is -1.93. The van der Waals surface area contributed by atoms with Crippen LogP contribution in [0.1, 0.15) is 11.1 Å². The predicted octanol–water partition coefficient (Wildman–Crippen LogP) is 4.53. The van der Waals surface area contributed by atoms with E-state index in [4.69, 9.17) is 9.15 Å². The Morgan fingerprint density at radius 2 is 2.16 bits per heavy atom. The highest BCUT2D eigenvalue weighted by Gasteiger charge is 2.19. The number of furan rings is 1. The van der Waals surface area contributed by atoms with Gasteiger partial charge in [0, 0.05) is 16.5 Å². The third-order valence-electron chi connectivity index (χ3n) is 4.55. The van der Waals surface area contributed by atoms with Crippen LogP contribution in [0.4, 0.5) is 0 Å². The second kappa shape index (κ2) is 5.40. The lowest BCUT2D eigenvalue weighted by Gasteiger charge is -2.08. The molecule has 0 saturated heterocycles. The third-order valence-corrected chi connectivity index (χ3v) is 5.47. The van der Waals surface area contributed by atoms with E-state index in [-0.39, 0.29) is 5.75 Å². The summed E-state index contributed by atoms with van der Waals surface area (Å²) in [4.78, 5) is 0. The van der Waals surface area contributed by atoms with Crippen molar-refractivity contribution in [2.75, 3.05) is 13.2 Å². The Morgan fingerprint density at radius 3 is 3.00 bits per heavy atom. The molecule has 0 aliphatic carbocycles. The largest absolute Gasteiger partial charge is 0.506 e. The van der Waals surface area contributed by atoms with E-state index in [1.807, 2.05) is 19.1 Å². The van der Waals surface area contributed by atoms with E-state index in [2.05, 4.69) is 21.7 Å². The Balaban J connectivity index is 1.69. The molecule has 0 atom stereocenters. The summed E-state index contributed by atoms with van der Waals surface area (Å²) < 4.78 is 11.8. The SMILES string of the molecule is Cc1cc2occc2c(O)c1-c1cc2scc(C3=CCOC3)c2nn1. The van der Waals surface area contributed by atoms with Gasteiger partial charge in [-0.25, -0.2) is 0 Å². The first-order valence-corrected chi connectivity index (χ1v) is 8.82. The molecule has 1 aliphatic heterocycles. The molecule has 0 saturated carbocycles. The van der Waals surface area contributed by atoms with Gasteiger partial charge in [-0.3, -0.25) is 0 Å². The van der Waals surface area contributed by atoms with Crippen molar-refractivity contribution in [3.05, 3.63) is 47.0 Å². The van der Waals surface area contributed by atoms with Gasteiger partial charge < -0.3 is 14.3 Å². The smallest absolute Gasteiger partial charge is 0.137 e. The van der Waals surface area contributed by atoms with Gasteiger partial charge in [-0.1, -0.05) is 6.08 Å². The second-order valence-corrected chi connectivity index (χ2v) is 7.00. The molecule has 1 aromatic carbocycles. The van der Waals surface area contributed by atoms with Crippen LogP contribution in [0.5, 0.6) is 5.75 Å². The van der Waals surface area contributed by atoms with E-state index >= 15 is 0 Å². The Labute approximate surface area is 147 Å². The zero-order chi connectivity index (χ0) is 17.0.